The minimum absolute atomic E-state index is 0.887. The molecule has 0 aromatic carbocycles. The van der Waals surface area contributed by atoms with Crippen molar-refractivity contribution in [1.29, 1.82) is 0 Å². The Morgan fingerprint density at radius 2 is 1.50 bits per heavy atom. The van der Waals surface area contributed by atoms with Crippen LogP contribution in [-0.2, 0) is 0 Å². The highest BCUT2D eigenvalue weighted by Gasteiger charge is 1.72. The van der Waals surface area contributed by atoms with Crippen LogP contribution in [0.25, 0.3) is 0 Å². The van der Waals surface area contributed by atoms with Gasteiger partial charge in [-0.1, -0.05) is 54.7 Å². The molecule has 0 nitrogen and oxygen atoms in total. The van der Waals surface area contributed by atoms with Crippen molar-refractivity contribution in [1.82, 2.24) is 0 Å². The predicted molar refractivity (Wildman–Crippen MR) is 53.6 cm³/mol. The van der Waals surface area contributed by atoms with Gasteiger partial charge in [0.2, 0.25) is 0 Å². The van der Waals surface area contributed by atoms with Crippen molar-refractivity contribution in [3.05, 3.63) is 60.8 Å². The third-order valence-electron chi connectivity index (χ3n) is 1.46. The topological polar surface area (TPSA) is 0 Å². The van der Waals surface area contributed by atoms with Gasteiger partial charge in [0.25, 0.3) is 0 Å². The lowest BCUT2D eigenvalue weighted by Gasteiger charge is -1.82. The lowest BCUT2D eigenvalue weighted by molar-refractivity contribution is 1.33. The molecule has 1 rings (SSSR count). The molecule has 0 fully saturated rings. The van der Waals surface area contributed by atoms with E-state index in [9.17, 15) is 0 Å². The average molecular weight is 157 g/mol. The van der Waals surface area contributed by atoms with Crippen LogP contribution in [0.2, 0.25) is 0 Å². The Labute approximate surface area is 74.3 Å². The van der Waals surface area contributed by atoms with Gasteiger partial charge in [-0.15, -0.1) is 0 Å². The summed E-state index contributed by atoms with van der Waals surface area (Å²) in [6, 6.07) is 0. The fourth-order valence-electron chi connectivity index (χ4n) is 0.863. The van der Waals surface area contributed by atoms with Gasteiger partial charge in [0.15, 0.2) is 0 Å². The molecule has 0 unspecified atom stereocenters. The first-order valence-electron chi connectivity index (χ1n) is 4.20. The first-order chi connectivity index (χ1) is 6.00. The zero-order valence-corrected chi connectivity index (χ0v) is 7.11. The highest BCUT2D eigenvalue weighted by Crippen LogP contribution is 1.92. The highest BCUT2D eigenvalue weighted by atomic mass is 13.8. The summed E-state index contributed by atoms with van der Waals surface area (Å²) in [6.45, 7) is 0. The molecular formula is C12H13. The van der Waals surface area contributed by atoms with E-state index in [4.69, 9.17) is 0 Å². The van der Waals surface area contributed by atoms with Crippen molar-refractivity contribution in [3.8, 4) is 0 Å². The SMILES string of the molecule is [C]1=C/C=C\C=C\C/C=C\C=C\C/1. The summed E-state index contributed by atoms with van der Waals surface area (Å²) in [5, 5.41) is 0. The summed E-state index contributed by atoms with van der Waals surface area (Å²) in [7, 11) is 0. The van der Waals surface area contributed by atoms with E-state index in [0.29, 0.717) is 0 Å². The Hall–Kier alpha value is -1.30. The van der Waals surface area contributed by atoms with Gasteiger partial charge in [0, 0.05) is 0 Å². The van der Waals surface area contributed by atoms with Crippen LogP contribution in [-0.4, -0.2) is 0 Å². The molecule has 12 heavy (non-hydrogen) atoms. The quantitative estimate of drug-likeness (QED) is 0.505. The molecule has 0 heteroatoms. The van der Waals surface area contributed by atoms with E-state index in [1.165, 1.54) is 0 Å². The monoisotopic (exact) mass is 157 g/mol. The van der Waals surface area contributed by atoms with Crippen molar-refractivity contribution >= 4 is 0 Å². The summed E-state index contributed by atoms with van der Waals surface area (Å²) >= 11 is 0. The maximum absolute atomic E-state index is 3.14. The Morgan fingerprint density at radius 3 is 2.42 bits per heavy atom. The minimum atomic E-state index is 0.887. The average Bonchev–Trinajstić information content (AvgIpc) is 2.05. The smallest absolute Gasteiger partial charge is 0.00915 e. The summed E-state index contributed by atoms with van der Waals surface area (Å²) in [4.78, 5) is 0. The zero-order chi connectivity index (χ0) is 8.49. The second-order valence-corrected chi connectivity index (χ2v) is 2.48. The summed E-state index contributed by atoms with van der Waals surface area (Å²) < 4.78 is 0. The molecule has 0 spiro atoms. The third kappa shape index (κ3) is 4.51. The molecule has 0 atom stereocenters. The molecule has 1 aliphatic carbocycles. The molecule has 0 aromatic heterocycles. The zero-order valence-electron chi connectivity index (χ0n) is 7.11. The van der Waals surface area contributed by atoms with Gasteiger partial charge in [-0.2, -0.15) is 0 Å². The summed E-state index contributed by atoms with van der Waals surface area (Å²) in [6.07, 6.45) is 23.5. The van der Waals surface area contributed by atoms with E-state index >= 15 is 0 Å². The molecule has 1 aliphatic rings. The van der Waals surface area contributed by atoms with Gasteiger partial charge in [0.05, 0.1) is 0 Å². The Balaban J connectivity index is 2.55. The molecule has 0 saturated heterocycles. The Kier molecular flexibility index (Phi) is 4.70. The number of hydrogen-bond donors (Lipinski definition) is 0. The second kappa shape index (κ2) is 6.41. The molecule has 1 radical (unpaired) electrons. The van der Waals surface area contributed by atoms with Crippen LogP contribution in [0.4, 0.5) is 0 Å². The summed E-state index contributed by atoms with van der Waals surface area (Å²) in [5.74, 6) is 0. The predicted octanol–water partition coefficient (Wildman–Crippen LogP) is 3.36. The van der Waals surface area contributed by atoms with Crippen molar-refractivity contribution in [2.45, 2.75) is 12.8 Å². The number of rotatable bonds is 0. The van der Waals surface area contributed by atoms with Gasteiger partial charge in [0.1, 0.15) is 0 Å². The first-order valence-corrected chi connectivity index (χ1v) is 4.20. The lowest BCUT2D eigenvalue weighted by Crippen LogP contribution is -1.62. The summed E-state index contributed by atoms with van der Waals surface area (Å²) in [5.41, 5.74) is 0. The Morgan fingerprint density at radius 1 is 0.750 bits per heavy atom. The highest BCUT2D eigenvalue weighted by molar-refractivity contribution is 5.13. The normalized spacial score (nSPS) is 30.7. The molecule has 0 N–H and O–H groups in total. The van der Waals surface area contributed by atoms with E-state index in [0.717, 1.165) is 12.8 Å². The first kappa shape index (κ1) is 8.79. The van der Waals surface area contributed by atoms with Gasteiger partial charge in [-0.3, -0.25) is 0 Å². The number of hydrogen-bond acceptors (Lipinski definition) is 0. The minimum Gasteiger partial charge on any atom is -0.0808 e. The molecule has 0 heterocycles. The fourth-order valence-corrected chi connectivity index (χ4v) is 0.863. The molecule has 0 aliphatic heterocycles. The molecule has 0 saturated carbocycles. The fraction of sp³-hybridized carbons (Fsp3) is 0.167. The molecule has 0 bridgehead atoms. The van der Waals surface area contributed by atoms with Crippen LogP contribution in [0.1, 0.15) is 12.8 Å². The van der Waals surface area contributed by atoms with Crippen LogP contribution >= 0.6 is 0 Å². The van der Waals surface area contributed by atoms with Crippen molar-refractivity contribution in [3.63, 3.8) is 0 Å². The van der Waals surface area contributed by atoms with Crippen molar-refractivity contribution in [2.24, 2.45) is 0 Å². The van der Waals surface area contributed by atoms with Gasteiger partial charge in [-0.25, -0.2) is 0 Å². The molecule has 0 amide bonds. The van der Waals surface area contributed by atoms with E-state index < -0.39 is 0 Å². The molecule has 61 valence electrons. The van der Waals surface area contributed by atoms with E-state index in [-0.39, 0.29) is 0 Å². The maximum atomic E-state index is 3.14. The number of allylic oxidation sites excluding steroid dienone is 10. The second-order valence-electron chi connectivity index (χ2n) is 2.48. The Bertz CT molecular complexity index is 211. The van der Waals surface area contributed by atoms with Crippen LogP contribution in [0.3, 0.4) is 0 Å². The molecular weight excluding hydrogens is 144 g/mol. The molecule has 0 aromatic rings. The maximum Gasteiger partial charge on any atom is -0.00915 e. The van der Waals surface area contributed by atoms with Crippen LogP contribution in [0.15, 0.2) is 54.7 Å². The van der Waals surface area contributed by atoms with Crippen LogP contribution in [0.5, 0.6) is 0 Å². The van der Waals surface area contributed by atoms with Crippen molar-refractivity contribution < 1.29 is 0 Å². The van der Waals surface area contributed by atoms with E-state index in [2.05, 4.69) is 36.5 Å². The largest absolute Gasteiger partial charge is 0.0808 e. The standard InChI is InChI=1S/C12H13/c1-2-4-6-8-10-12-11-9-7-5-3-1/h1-5,8,10-12H,6,9H2/b3-1-,4-2+,7-5?,10-8-,12-11+. The van der Waals surface area contributed by atoms with Gasteiger partial charge < -0.3 is 0 Å². The van der Waals surface area contributed by atoms with Gasteiger partial charge in [-0.05, 0) is 18.9 Å². The lowest BCUT2D eigenvalue weighted by atomic mass is 10.2. The van der Waals surface area contributed by atoms with E-state index in [1.54, 1.807) is 0 Å². The van der Waals surface area contributed by atoms with E-state index in [1.807, 2.05) is 24.3 Å². The third-order valence-corrected chi connectivity index (χ3v) is 1.46. The van der Waals surface area contributed by atoms with Crippen molar-refractivity contribution in [2.75, 3.05) is 0 Å². The van der Waals surface area contributed by atoms with Crippen LogP contribution < -0.4 is 0 Å². The van der Waals surface area contributed by atoms with Crippen LogP contribution in [0, 0.1) is 6.08 Å². The van der Waals surface area contributed by atoms with Gasteiger partial charge >= 0.3 is 0 Å².